The van der Waals surface area contributed by atoms with E-state index in [-0.39, 0.29) is 0 Å². The normalized spacial score (nSPS) is 22.4. The first-order valence-electron chi connectivity index (χ1n) is 3.87. The van der Waals surface area contributed by atoms with Crippen molar-refractivity contribution in [2.24, 2.45) is 4.99 Å². The Balaban J connectivity index is 2.23. The quantitative estimate of drug-likeness (QED) is 0.567. The van der Waals surface area contributed by atoms with Crippen LogP contribution in [0.15, 0.2) is 17.1 Å². The van der Waals surface area contributed by atoms with Crippen LogP contribution in [0.25, 0.3) is 0 Å². The molecule has 0 fully saturated rings. The number of nitrogens with one attached hydrogen (secondary N) is 2. The van der Waals surface area contributed by atoms with E-state index in [1.807, 2.05) is 6.92 Å². The molecule has 3 nitrogen and oxygen atoms in total. The van der Waals surface area contributed by atoms with Gasteiger partial charge in [-0.05, 0) is 13.8 Å². The summed E-state index contributed by atoms with van der Waals surface area (Å²) in [6.45, 7) is 9.57. The van der Waals surface area contributed by atoms with Gasteiger partial charge in [-0.25, -0.2) is 0 Å². The lowest BCUT2D eigenvalue weighted by Crippen LogP contribution is -2.38. The predicted molar refractivity (Wildman–Crippen MR) is 47.7 cm³/mol. The molecule has 0 radical (unpaired) electrons. The van der Waals surface area contributed by atoms with Gasteiger partial charge in [0.05, 0.1) is 6.54 Å². The molecule has 0 aromatic rings. The fraction of sp³-hybridized carbons (Fsp3) is 0.625. The van der Waals surface area contributed by atoms with Crippen LogP contribution in [0.2, 0.25) is 0 Å². The number of hydrogen-bond donors (Lipinski definition) is 2. The molecular weight excluding hydrogens is 138 g/mol. The molecule has 1 heterocycles. The van der Waals surface area contributed by atoms with Crippen molar-refractivity contribution < 1.29 is 0 Å². The number of rotatable bonds is 2. The van der Waals surface area contributed by atoms with Crippen molar-refractivity contribution in [1.29, 1.82) is 0 Å². The molecule has 62 valence electrons. The summed E-state index contributed by atoms with van der Waals surface area (Å²) in [5.41, 5.74) is 1.12. The van der Waals surface area contributed by atoms with Crippen LogP contribution >= 0.6 is 0 Å². The van der Waals surface area contributed by atoms with Gasteiger partial charge in [0.15, 0.2) is 5.96 Å². The highest BCUT2D eigenvalue weighted by Crippen LogP contribution is 1.92. The Labute approximate surface area is 67.6 Å². The van der Waals surface area contributed by atoms with Crippen molar-refractivity contribution in [3.05, 3.63) is 12.2 Å². The molecular formula is C8H15N3. The topological polar surface area (TPSA) is 36.4 Å². The zero-order valence-corrected chi connectivity index (χ0v) is 7.15. The van der Waals surface area contributed by atoms with Crippen molar-refractivity contribution >= 4 is 5.96 Å². The van der Waals surface area contributed by atoms with Crippen molar-refractivity contribution in [1.82, 2.24) is 10.6 Å². The minimum absolute atomic E-state index is 0.475. The third-order valence-corrected chi connectivity index (χ3v) is 1.46. The molecule has 1 atom stereocenters. The highest BCUT2D eigenvalue weighted by Gasteiger charge is 2.10. The molecule has 1 aliphatic heterocycles. The largest absolute Gasteiger partial charge is 0.353 e. The molecule has 0 saturated heterocycles. The summed E-state index contributed by atoms with van der Waals surface area (Å²) < 4.78 is 0. The van der Waals surface area contributed by atoms with Crippen molar-refractivity contribution in [2.75, 3.05) is 13.1 Å². The molecule has 1 unspecified atom stereocenters. The van der Waals surface area contributed by atoms with Gasteiger partial charge in [-0.1, -0.05) is 12.2 Å². The Hall–Kier alpha value is -0.990. The van der Waals surface area contributed by atoms with Crippen LogP contribution in [0, 0.1) is 0 Å². The maximum atomic E-state index is 4.24. The number of guanidine groups is 1. The Morgan fingerprint density at radius 1 is 1.91 bits per heavy atom. The summed E-state index contributed by atoms with van der Waals surface area (Å²) in [5.74, 6) is 0.903. The average molecular weight is 153 g/mol. The highest BCUT2D eigenvalue weighted by atomic mass is 15.2. The van der Waals surface area contributed by atoms with E-state index in [0.29, 0.717) is 6.04 Å². The summed E-state index contributed by atoms with van der Waals surface area (Å²) in [7, 11) is 0. The second-order valence-corrected chi connectivity index (χ2v) is 3.05. The predicted octanol–water partition coefficient (Wildman–Crippen LogP) is 0.500. The SMILES string of the molecule is C=C(C)CNC1=NCC(C)N1. The van der Waals surface area contributed by atoms with Gasteiger partial charge in [0.1, 0.15) is 0 Å². The first-order chi connectivity index (χ1) is 5.18. The average Bonchev–Trinajstić information content (AvgIpc) is 2.31. The third-order valence-electron chi connectivity index (χ3n) is 1.46. The molecule has 3 heteroatoms. The molecule has 1 aliphatic rings. The molecule has 0 aromatic carbocycles. The summed E-state index contributed by atoms with van der Waals surface area (Å²) in [6, 6.07) is 0.475. The lowest BCUT2D eigenvalue weighted by molar-refractivity contribution is 0.716. The van der Waals surface area contributed by atoms with Gasteiger partial charge in [-0.3, -0.25) is 4.99 Å². The second-order valence-electron chi connectivity index (χ2n) is 3.05. The van der Waals surface area contributed by atoms with Crippen LogP contribution in [0.3, 0.4) is 0 Å². The van der Waals surface area contributed by atoms with E-state index in [9.17, 15) is 0 Å². The lowest BCUT2D eigenvalue weighted by atomic mass is 10.3. The smallest absolute Gasteiger partial charge is 0.191 e. The van der Waals surface area contributed by atoms with E-state index in [2.05, 4.69) is 29.1 Å². The van der Waals surface area contributed by atoms with Gasteiger partial charge >= 0.3 is 0 Å². The van der Waals surface area contributed by atoms with Crippen LogP contribution in [-0.4, -0.2) is 25.1 Å². The van der Waals surface area contributed by atoms with Gasteiger partial charge in [0, 0.05) is 12.6 Å². The molecule has 0 aliphatic carbocycles. The lowest BCUT2D eigenvalue weighted by Gasteiger charge is -2.07. The molecule has 0 spiro atoms. The van der Waals surface area contributed by atoms with E-state index in [1.165, 1.54) is 0 Å². The molecule has 0 amide bonds. The van der Waals surface area contributed by atoms with Gasteiger partial charge in [0.2, 0.25) is 0 Å². The monoisotopic (exact) mass is 153 g/mol. The summed E-state index contributed by atoms with van der Waals surface area (Å²) >= 11 is 0. The summed E-state index contributed by atoms with van der Waals surface area (Å²) in [5, 5.41) is 6.36. The first kappa shape index (κ1) is 8.11. The fourth-order valence-electron chi connectivity index (χ4n) is 0.894. The first-order valence-corrected chi connectivity index (χ1v) is 3.87. The van der Waals surface area contributed by atoms with E-state index in [1.54, 1.807) is 0 Å². The van der Waals surface area contributed by atoms with Crippen LogP contribution in [0.1, 0.15) is 13.8 Å². The minimum atomic E-state index is 0.475. The van der Waals surface area contributed by atoms with Gasteiger partial charge in [-0.15, -0.1) is 0 Å². The minimum Gasteiger partial charge on any atom is -0.353 e. The number of nitrogens with zero attached hydrogens (tertiary/aromatic N) is 1. The van der Waals surface area contributed by atoms with Gasteiger partial charge in [-0.2, -0.15) is 0 Å². The zero-order valence-electron chi connectivity index (χ0n) is 7.15. The standard InChI is InChI=1S/C8H15N3/c1-6(2)4-9-8-10-5-7(3)11-8/h7H,1,4-5H2,2-3H3,(H2,9,10,11). The van der Waals surface area contributed by atoms with Crippen LogP contribution in [0.4, 0.5) is 0 Å². The van der Waals surface area contributed by atoms with Crippen molar-refractivity contribution in [2.45, 2.75) is 19.9 Å². The molecule has 2 N–H and O–H groups in total. The number of hydrogen-bond acceptors (Lipinski definition) is 3. The van der Waals surface area contributed by atoms with Gasteiger partial charge < -0.3 is 10.6 Å². The molecule has 0 bridgehead atoms. The van der Waals surface area contributed by atoms with E-state index >= 15 is 0 Å². The molecule has 0 aromatic heterocycles. The Kier molecular flexibility index (Phi) is 2.52. The molecule has 1 rings (SSSR count). The summed E-state index contributed by atoms with van der Waals surface area (Å²) in [4.78, 5) is 4.24. The maximum Gasteiger partial charge on any atom is 0.191 e. The zero-order chi connectivity index (χ0) is 8.27. The summed E-state index contributed by atoms with van der Waals surface area (Å²) in [6.07, 6.45) is 0. The Bertz CT molecular complexity index is 184. The Morgan fingerprint density at radius 2 is 2.64 bits per heavy atom. The highest BCUT2D eigenvalue weighted by molar-refractivity contribution is 5.81. The van der Waals surface area contributed by atoms with E-state index < -0.39 is 0 Å². The van der Waals surface area contributed by atoms with Gasteiger partial charge in [0.25, 0.3) is 0 Å². The van der Waals surface area contributed by atoms with Crippen LogP contribution < -0.4 is 10.6 Å². The van der Waals surface area contributed by atoms with E-state index in [4.69, 9.17) is 0 Å². The second kappa shape index (κ2) is 3.42. The van der Waals surface area contributed by atoms with Crippen LogP contribution in [0.5, 0.6) is 0 Å². The van der Waals surface area contributed by atoms with Crippen molar-refractivity contribution in [3.8, 4) is 0 Å². The van der Waals surface area contributed by atoms with E-state index in [0.717, 1.165) is 24.6 Å². The molecule has 0 saturated carbocycles. The maximum absolute atomic E-state index is 4.24. The van der Waals surface area contributed by atoms with Crippen molar-refractivity contribution in [3.63, 3.8) is 0 Å². The fourth-order valence-corrected chi connectivity index (χ4v) is 0.894. The van der Waals surface area contributed by atoms with Crippen LogP contribution in [-0.2, 0) is 0 Å². The Morgan fingerprint density at radius 3 is 3.09 bits per heavy atom. The third kappa shape index (κ3) is 2.62. The molecule has 11 heavy (non-hydrogen) atoms. The number of aliphatic imine (C=N–C) groups is 1.